The van der Waals surface area contributed by atoms with Crippen LogP contribution >= 0.6 is 0 Å². The van der Waals surface area contributed by atoms with Crippen molar-refractivity contribution >= 4 is 29.1 Å². The summed E-state index contributed by atoms with van der Waals surface area (Å²) in [6.45, 7) is 0. The zero-order valence-corrected chi connectivity index (χ0v) is 8.21. The van der Waals surface area contributed by atoms with Crippen molar-refractivity contribution in [2.24, 2.45) is 0 Å². The minimum atomic E-state index is -3.48. The molecule has 1 N–H and O–H groups in total. The molecule has 0 heterocycles. The van der Waals surface area contributed by atoms with Crippen LogP contribution < -0.4 is 5.46 Å². The molecule has 0 saturated heterocycles. The van der Waals surface area contributed by atoms with E-state index < -0.39 is 15.8 Å². The van der Waals surface area contributed by atoms with Gasteiger partial charge in [0.1, 0.15) is 7.85 Å². The Morgan fingerprint density at radius 2 is 2.00 bits per heavy atom. The second kappa shape index (κ2) is 3.45. The molecule has 0 unspecified atom stereocenters. The van der Waals surface area contributed by atoms with Crippen molar-refractivity contribution in [3.8, 4) is 0 Å². The van der Waals surface area contributed by atoms with Gasteiger partial charge in [-0.3, -0.25) is 0 Å². The Labute approximate surface area is 82.9 Å². The zero-order valence-electron chi connectivity index (χ0n) is 7.39. The average Bonchev–Trinajstić information content (AvgIpc) is 2.02. The number of rotatable bonds is 2. The van der Waals surface area contributed by atoms with Crippen LogP contribution in [0.1, 0.15) is 10.4 Å². The van der Waals surface area contributed by atoms with E-state index in [9.17, 15) is 13.2 Å². The summed E-state index contributed by atoms with van der Waals surface area (Å²) in [7, 11) is 1.93. The van der Waals surface area contributed by atoms with E-state index in [1.807, 2.05) is 0 Å². The van der Waals surface area contributed by atoms with Crippen LogP contribution in [0.25, 0.3) is 0 Å². The van der Waals surface area contributed by atoms with Crippen molar-refractivity contribution in [3.63, 3.8) is 0 Å². The standard InChI is InChI=1S/C8H7BO4S/c1-14(12,13)7-4-5(8(10)11)2-3-6(7)9/h2-4H,1H3,(H,10,11). The Morgan fingerprint density at radius 1 is 1.43 bits per heavy atom. The van der Waals surface area contributed by atoms with Gasteiger partial charge < -0.3 is 5.11 Å². The van der Waals surface area contributed by atoms with E-state index in [0.717, 1.165) is 12.3 Å². The third-order valence-electron chi connectivity index (χ3n) is 1.66. The van der Waals surface area contributed by atoms with Gasteiger partial charge in [-0.05, 0) is 12.1 Å². The molecule has 72 valence electrons. The van der Waals surface area contributed by atoms with Crippen LogP contribution in [0.4, 0.5) is 0 Å². The van der Waals surface area contributed by atoms with E-state index in [0.29, 0.717) is 0 Å². The molecule has 1 rings (SSSR count). The summed E-state index contributed by atoms with van der Waals surface area (Å²) in [5.41, 5.74) is -0.0443. The lowest BCUT2D eigenvalue weighted by Crippen LogP contribution is -2.16. The molecule has 0 saturated carbocycles. The molecule has 4 nitrogen and oxygen atoms in total. The molecular formula is C8H7BO4S. The van der Waals surface area contributed by atoms with Gasteiger partial charge in [0.05, 0.1) is 10.5 Å². The van der Waals surface area contributed by atoms with Gasteiger partial charge in [-0.15, -0.1) is 0 Å². The quantitative estimate of drug-likeness (QED) is 0.673. The van der Waals surface area contributed by atoms with Gasteiger partial charge in [-0.1, -0.05) is 11.5 Å². The van der Waals surface area contributed by atoms with E-state index >= 15 is 0 Å². The Balaban J connectivity index is 3.44. The summed E-state index contributed by atoms with van der Waals surface area (Å²) in [5, 5.41) is 8.63. The Morgan fingerprint density at radius 3 is 2.43 bits per heavy atom. The Hall–Kier alpha value is -1.30. The van der Waals surface area contributed by atoms with Crippen LogP contribution in [0, 0.1) is 0 Å². The molecule has 1 aromatic carbocycles. The summed E-state index contributed by atoms with van der Waals surface area (Å²) in [4.78, 5) is 10.4. The van der Waals surface area contributed by atoms with Gasteiger partial charge in [0.15, 0.2) is 9.84 Å². The molecular weight excluding hydrogens is 203 g/mol. The topological polar surface area (TPSA) is 71.4 Å². The maximum atomic E-state index is 11.2. The molecule has 0 amide bonds. The van der Waals surface area contributed by atoms with Crippen LogP contribution in [-0.4, -0.2) is 33.6 Å². The SMILES string of the molecule is [B]c1ccc(C(=O)O)cc1S(C)(=O)=O. The number of carbonyl (C=O) groups is 1. The third-order valence-corrected chi connectivity index (χ3v) is 2.81. The van der Waals surface area contributed by atoms with Crippen molar-refractivity contribution in [3.05, 3.63) is 23.8 Å². The summed E-state index contributed by atoms with van der Waals surface area (Å²) >= 11 is 0. The fourth-order valence-electron chi connectivity index (χ4n) is 0.989. The highest BCUT2D eigenvalue weighted by molar-refractivity contribution is 7.91. The average molecular weight is 210 g/mol. The highest BCUT2D eigenvalue weighted by Gasteiger charge is 2.13. The summed E-state index contributed by atoms with van der Waals surface area (Å²) in [6.07, 6.45) is 0.977. The molecule has 6 heteroatoms. The molecule has 0 aliphatic rings. The number of aromatic carboxylic acids is 1. The van der Waals surface area contributed by atoms with Crippen LogP contribution in [0.3, 0.4) is 0 Å². The number of hydrogen-bond donors (Lipinski definition) is 1. The summed E-state index contributed by atoms with van der Waals surface area (Å²) in [6, 6.07) is 3.57. The van der Waals surface area contributed by atoms with Gasteiger partial charge in [0.2, 0.25) is 0 Å². The van der Waals surface area contributed by atoms with Gasteiger partial charge in [0, 0.05) is 6.26 Å². The lowest BCUT2D eigenvalue weighted by molar-refractivity contribution is 0.0696. The Bertz CT molecular complexity index is 478. The molecule has 0 atom stereocenters. The van der Waals surface area contributed by atoms with Crippen molar-refractivity contribution in [1.29, 1.82) is 0 Å². The van der Waals surface area contributed by atoms with Crippen molar-refractivity contribution in [2.45, 2.75) is 4.90 Å². The van der Waals surface area contributed by atoms with Crippen molar-refractivity contribution < 1.29 is 18.3 Å². The van der Waals surface area contributed by atoms with Gasteiger partial charge >= 0.3 is 5.97 Å². The van der Waals surface area contributed by atoms with Crippen LogP contribution in [-0.2, 0) is 9.84 Å². The normalized spacial score (nSPS) is 11.2. The second-order valence-electron chi connectivity index (χ2n) is 2.83. The predicted molar refractivity (Wildman–Crippen MR) is 51.9 cm³/mol. The van der Waals surface area contributed by atoms with Crippen molar-refractivity contribution in [2.75, 3.05) is 6.26 Å². The molecule has 0 aromatic heterocycles. The number of hydrogen-bond acceptors (Lipinski definition) is 3. The smallest absolute Gasteiger partial charge is 0.335 e. The number of carboxylic acid groups (broad SMARTS) is 1. The van der Waals surface area contributed by atoms with E-state index in [1.54, 1.807) is 0 Å². The lowest BCUT2D eigenvalue weighted by Gasteiger charge is -2.04. The minimum absolute atomic E-state index is 0.0532. The number of sulfone groups is 1. The van der Waals surface area contributed by atoms with Crippen LogP contribution in [0.2, 0.25) is 0 Å². The van der Waals surface area contributed by atoms with Crippen molar-refractivity contribution in [1.82, 2.24) is 0 Å². The van der Waals surface area contributed by atoms with E-state index in [2.05, 4.69) is 0 Å². The van der Waals surface area contributed by atoms with Crippen LogP contribution in [0.5, 0.6) is 0 Å². The van der Waals surface area contributed by atoms with Gasteiger partial charge in [0.25, 0.3) is 0 Å². The summed E-state index contributed by atoms with van der Waals surface area (Å²) < 4.78 is 22.3. The molecule has 1 aromatic rings. The maximum Gasteiger partial charge on any atom is 0.335 e. The monoisotopic (exact) mass is 210 g/mol. The molecule has 0 spiro atoms. The van der Waals surface area contributed by atoms with E-state index in [4.69, 9.17) is 13.0 Å². The Kier molecular flexibility index (Phi) is 2.66. The fourth-order valence-corrected chi connectivity index (χ4v) is 1.83. The second-order valence-corrected chi connectivity index (χ2v) is 4.81. The highest BCUT2D eigenvalue weighted by Crippen LogP contribution is 2.08. The fraction of sp³-hybridized carbons (Fsp3) is 0.125. The maximum absolute atomic E-state index is 11.2. The lowest BCUT2D eigenvalue weighted by atomic mass is 9.95. The predicted octanol–water partition coefficient (Wildman–Crippen LogP) is -0.418. The number of carboxylic acids is 1. The molecule has 0 aliphatic carbocycles. The number of benzene rings is 1. The summed E-state index contributed by atoms with van der Waals surface area (Å²) in [5.74, 6) is -1.19. The molecule has 2 radical (unpaired) electrons. The molecule has 0 fully saturated rings. The first-order valence-corrected chi connectivity index (χ1v) is 5.54. The first kappa shape index (κ1) is 10.8. The third kappa shape index (κ3) is 2.14. The molecule has 14 heavy (non-hydrogen) atoms. The van der Waals surface area contributed by atoms with Gasteiger partial charge in [-0.2, -0.15) is 0 Å². The first-order valence-electron chi connectivity index (χ1n) is 3.65. The van der Waals surface area contributed by atoms with E-state index in [-0.39, 0.29) is 15.9 Å². The minimum Gasteiger partial charge on any atom is -0.478 e. The highest BCUT2D eigenvalue weighted by atomic mass is 32.2. The molecule has 0 aliphatic heterocycles. The first-order chi connectivity index (χ1) is 6.32. The molecule has 0 bridgehead atoms. The zero-order chi connectivity index (χ0) is 10.9. The van der Waals surface area contributed by atoms with Gasteiger partial charge in [-0.25, -0.2) is 13.2 Å². The van der Waals surface area contributed by atoms with Crippen LogP contribution in [0.15, 0.2) is 23.1 Å². The largest absolute Gasteiger partial charge is 0.478 e. The van der Waals surface area contributed by atoms with E-state index in [1.165, 1.54) is 12.1 Å².